The van der Waals surface area contributed by atoms with Crippen molar-refractivity contribution in [2.24, 2.45) is 5.73 Å². The molecule has 2 aromatic heterocycles. The number of aromatic carboxylic acids is 2. The van der Waals surface area contributed by atoms with Crippen LogP contribution in [0.4, 0.5) is 5.69 Å². The van der Waals surface area contributed by atoms with Gasteiger partial charge in [0.1, 0.15) is 22.5 Å². The molecule has 7 heterocycles. The number of carboxylic acid groups (broad SMARTS) is 2. The first kappa shape index (κ1) is 69.3. The average Bonchev–Trinajstić information content (AvgIpc) is 2.45. The Kier molecular flexibility index (Phi) is 24.9. The van der Waals surface area contributed by atoms with Gasteiger partial charge in [0.15, 0.2) is 57.5 Å². The molecule has 0 radical (unpaired) electrons. The molecule has 87 heavy (non-hydrogen) atoms. The van der Waals surface area contributed by atoms with E-state index in [1.165, 1.54) is 60.3 Å². The fraction of sp³-hybridized carbons (Fsp3) is 0.224. The number of primary amides is 1. The zero-order valence-corrected chi connectivity index (χ0v) is 52.5. The van der Waals surface area contributed by atoms with E-state index in [0.29, 0.717) is 122 Å². The summed E-state index contributed by atoms with van der Waals surface area (Å²) in [4.78, 5) is 68.1. The van der Waals surface area contributed by atoms with E-state index in [0.717, 1.165) is 0 Å². The van der Waals surface area contributed by atoms with Crippen LogP contribution < -0.4 is 94.2 Å². The van der Waals surface area contributed by atoms with Gasteiger partial charge in [-0.2, -0.15) is 0 Å². The molecule has 38 heteroatoms. The van der Waals surface area contributed by atoms with E-state index in [1.54, 1.807) is 25.3 Å². The van der Waals surface area contributed by atoms with Gasteiger partial charge in [-0.25, -0.2) is 29.3 Å². The van der Waals surface area contributed by atoms with E-state index in [9.17, 15) is 23.7 Å². The van der Waals surface area contributed by atoms with Gasteiger partial charge in [-0.3, -0.25) is 14.2 Å². The van der Waals surface area contributed by atoms with Crippen LogP contribution >= 0.6 is 82.4 Å². The van der Waals surface area contributed by atoms with E-state index in [1.807, 2.05) is 0 Å². The van der Waals surface area contributed by atoms with Crippen molar-refractivity contribution in [2.45, 2.75) is 0 Å². The van der Waals surface area contributed by atoms with Crippen molar-refractivity contribution < 1.29 is 110 Å². The summed E-state index contributed by atoms with van der Waals surface area (Å²) in [6, 6.07) is 7.58. The molecule has 31 nitrogen and oxygen atoms in total. The number of fused-ring (bicyclic) bond motifs is 9. The third-order valence-electron chi connectivity index (χ3n) is 11.1. The van der Waals surface area contributed by atoms with E-state index < -0.39 is 23.1 Å². The quantitative estimate of drug-likeness (QED) is 0.0271. The Bertz CT molecular complexity index is 3740. The number of anilines is 1. The summed E-state index contributed by atoms with van der Waals surface area (Å²) in [5, 5.41) is 16.1. The second-order valence-corrected chi connectivity index (χ2v) is 24.3. The van der Waals surface area contributed by atoms with Gasteiger partial charge in [0.2, 0.25) is 69.1 Å². The number of carbonyl (C=O) groups excluding carboxylic acids is 2. The molecule has 0 saturated heterocycles. The normalized spacial score (nSPS) is 12.3. The Morgan fingerprint density at radius 3 is 1.33 bits per heavy atom. The van der Waals surface area contributed by atoms with Gasteiger partial charge >= 0.3 is 23.1 Å². The fourth-order valence-corrected chi connectivity index (χ4v) is 8.83. The lowest BCUT2D eigenvalue weighted by molar-refractivity contribution is -0.106. The molecule has 0 fully saturated rings. The topological polar surface area (TPSA) is 432 Å². The SMILES string of the molecule is COC(=O)c1cc(OC)c2c(c1Br)OCO2.COc1cc(C(=O)O)c(Br)c2c1OCO2.COc1cc(C(=O)O)c(N)c2c1OCO2.COc1cc2c(=O)[nH]cnc2c2c1OCO2.COc1cc2c(Cl)ncnc2c2c1OCO2.N.NC=O.O=P(Cl)(Cl)Cl. The smallest absolute Gasteiger partial charge is 0.339 e. The molecule has 0 aliphatic carbocycles. The van der Waals surface area contributed by atoms with E-state index in [-0.39, 0.29) is 74.6 Å². The Balaban J connectivity index is 0.000000192. The number of hydrogen-bond donors (Lipinski definition) is 6. The van der Waals surface area contributed by atoms with Gasteiger partial charge in [-0.15, -0.1) is 0 Å². The Labute approximate surface area is 525 Å². The highest BCUT2D eigenvalue weighted by atomic mass is 79.9. The van der Waals surface area contributed by atoms with Crippen LogP contribution in [0.25, 0.3) is 21.8 Å². The molecule has 10 N–H and O–H groups in total. The summed E-state index contributed by atoms with van der Waals surface area (Å²) < 4.78 is 92.7. The summed E-state index contributed by atoms with van der Waals surface area (Å²) in [6.45, 7) is 0.451. The number of hydrogen-bond acceptors (Lipinski definition) is 27. The summed E-state index contributed by atoms with van der Waals surface area (Å²) in [7, 11) is 8.72. The van der Waals surface area contributed by atoms with Crippen LogP contribution in [0, 0.1) is 0 Å². The van der Waals surface area contributed by atoms with E-state index >= 15 is 0 Å². The third kappa shape index (κ3) is 16.2. The van der Waals surface area contributed by atoms with Crippen molar-refractivity contribution >= 4 is 134 Å². The van der Waals surface area contributed by atoms with Crippen LogP contribution in [0.3, 0.4) is 0 Å². The Hall–Kier alpha value is -8.43. The number of carboxylic acids is 2. The maximum absolute atomic E-state index is 11.6. The van der Waals surface area contributed by atoms with Crippen molar-refractivity contribution in [3.63, 3.8) is 0 Å². The molecule has 5 aliphatic rings. The molecule has 12 rings (SSSR count). The number of benzene rings is 5. The number of aromatic amines is 1. The summed E-state index contributed by atoms with van der Waals surface area (Å²) in [5.41, 5.74) is 11.1. The largest absolute Gasteiger partial charge is 0.493 e. The van der Waals surface area contributed by atoms with E-state index in [2.05, 4.69) is 96.0 Å². The number of methoxy groups -OCH3 is 6. The highest BCUT2D eigenvalue weighted by Crippen LogP contribution is 2.61. The minimum Gasteiger partial charge on any atom is -0.493 e. The lowest BCUT2D eigenvalue weighted by Gasteiger charge is -2.09. The zero-order valence-electron chi connectivity index (χ0n) is 45.4. The maximum Gasteiger partial charge on any atom is 0.339 e. The molecule has 5 aliphatic heterocycles. The maximum atomic E-state index is 11.6. The van der Waals surface area contributed by atoms with Gasteiger partial charge < -0.3 is 109 Å². The first-order valence-electron chi connectivity index (χ1n) is 23.1. The number of nitrogens with one attached hydrogen (secondary N) is 1. The van der Waals surface area contributed by atoms with E-state index in [4.69, 9.17) is 103 Å². The number of amides is 1. The highest BCUT2D eigenvalue weighted by molar-refractivity contribution is 9.11. The lowest BCUT2D eigenvalue weighted by atomic mass is 10.1. The number of carbonyl (C=O) groups is 4. The molecule has 1 amide bonds. The second-order valence-electron chi connectivity index (χ2n) is 15.7. The summed E-state index contributed by atoms with van der Waals surface area (Å²) in [6.07, 6.45) is 2.97. The highest BCUT2D eigenvalue weighted by Gasteiger charge is 2.31. The molecule has 468 valence electrons. The van der Waals surface area contributed by atoms with Crippen molar-refractivity contribution in [3.05, 3.63) is 84.1 Å². The second kappa shape index (κ2) is 31.3. The molecule has 0 atom stereocenters. The average molecular weight is 1450 g/mol. The van der Waals surface area contributed by atoms with Gasteiger partial charge in [-0.1, -0.05) is 11.6 Å². The van der Waals surface area contributed by atoms with Gasteiger partial charge in [0.25, 0.3) is 5.56 Å². The molecule has 0 bridgehead atoms. The predicted octanol–water partition coefficient (Wildman–Crippen LogP) is 9.32. The first-order valence-corrected chi connectivity index (χ1v) is 29.5. The number of ether oxygens (including phenoxy) is 16. The minimum absolute atomic E-state index is 0. The van der Waals surface area contributed by atoms with Crippen molar-refractivity contribution in [2.75, 3.05) is 82.4 Å². The number of rotatable bonds is 8. The van der Waals surface area contributed by atoms with Gasteiger partial charge in [0.05, 0.1) is 85.7 Å². The number of H-pyrrole nitrogens is 1. The third-order valence-corrected chi connectivity index (χ3v) is 13.0. The number of halogens is 6. The standard InChI is InChI=1S/C10H9BrO5.C10H7ClN2O3.C10H8N2O4.C9H7BrO5.C9H9NO5.CH3NO.Cl3OP.H3N/c1-13-6-3-5(10(12)14-2)7(11)9-8(6)15-4-16-9;1-14-6-2-5-7(12-3-13-10(5)11)9-8(6)15-4-16-9;1-14-6-2-5-7(11-3-12-10(5)13)9-8(6)15-4-16-9;2*1-13-5-2-4(9(11)12)6(10)8-7(5)14-3-15-8;2-1-3;1-5(2,3)4;/h3H,4H2,1-2H3;2-3H,4H2,1H3;2-3H,4H2,1H3,(H,11,12,13);2H,3H2,1H3,(H,11,12);2H,3,10H2,1H3,(H,11,12);1H,(H2,2,3);;1H3. The molecule has 7 aromatic rings. The Morgan fingerprint density at radius 1 is 0.575 bits per heavy atom. The van der Waals surface area contributed by atoms with Crippen molar-refractivity contribution in [3.8, 4) is 86.2 Å². The Morgan fingerprint density at radius 2 is 0.908 bits per heavy atom. The van der Waals surface area contributed by atoms with Crippen molar-refractivity contribution in [1.82, 2.24) is 26.1 Å². The van der Waals surface area contributed by atoms with Crippen LogP contribution in [0.5, 0.6) is 86.2 Å². The molecule has 0 spiro atoms. The van der Waals surface area contributed by atoms with Crippen molar-refractivity contribution in [1.29, 1.82) is 0 Å². The van der Waals surface area contributed by atoms with Gasteiger partial charge in [0, 0.05) is 11.5 Å². The summed E-state index contributed by atoms with van der Waals surface area (Å²) in [5.74, 6) is 3.85. The van der Waals surface area contributed by atoms with Crippen LogP contribution in [-0.4, -0.2) is 131 Å². The molecule has 0 saturated carbocycles. The predicted molar refractivity (Wildman–Crippen MR) is 315 cm³/mol. The molecular formula is C49H46Br2Cl4N7O24P. The number of nitrogens with zero attached hydrogens (tertiary/aromatic N) is 3. The van der Waals surface area contributed by atoms with Crippen LogP contribution in [0.2, 0.25) is 5.15 Å². The lowest BCUT2D eigenvalue weighted by Crippen LogP contribution is -2.06. The summed E-state index contributed by atoms with van der Waals surface area (Å²) >= 11 is 26.3. The molecule has 0 unspecified atom stereocenters. The fourth-order valence-electron chi connectivity index (χ4n) is 7.50. The molecular weight excluding hydrogens is 1400 g/mol. The number of nitrogen functional groups attached to an aromatic ring is 1. The van der Waals surface area contributed by atoms with Crippen LogP contribution in [0.15, 0.2) is 56.7 Å². The monoisotopic (exact) mass is 1440 g/mol. The van der Waals surface area contributed by atoms with Gasteiger partial charge in [-0.05, 0) is 89.8 Å². The van der Waals surface area contributed by atoms with Crippen LogP contribution in [0.1, 0.15) is 31.1 Å². The van der Waals surface area contributed by atoms with Crippen LogP contribution in [-0.2, 0) is 14.1 Å². The minimum atomic E-state index is -3.22. The first-order chi connectivity index (χ1) is 41.0. The number of aromatic nitrogens is 4. The number of nitrogens with two attached hydrogens (primary N) is 2. The number of esters is 1. The zero-order chi connectivity index (χ0) is 63.2. The molecule has 5 aromatic carbocycles.